The first-order valence-corrected chi connectivity index (χ1v) is 7.03. The van der Waals surface area contributed by atoms with Crippen molar-refractivity contribution in [2.45, 2.75) is 38.3 Å². The van der Waals surface area contributed by atoms with Gasteiger partial charge in [-0.3, -0.25) is 9.69 Å². The Bertz CT molecular complexity index is 265. The van der Waals surface area contributed by atoms with Crippen molar-refractivity contribution in [1.82, 2.24) is 10.2 Å². The molecule has 2 aliphatic heterocycles. The predicted molar refractivity (Wildman–Crippen MR) is 68.5 cm³/mol. The van der Waals surface area contributed by atoms with Gasteiger partial charge in [-0.15, -0.1) is 0 Å². The molecular weight excluding hydrogens is 232 g/mol. The molecule has 0 aliphatic carbocycles. The van der Waals surface area contributed by atoms with Gasteiger partial charge in [0.05, 0.1) is 6.61 Å². The van der Waals surface area contributed by atoms with Crippen LogP contribution in [-0.2, 0) is 14.3 Å². The summed E-state index contributed by atoms with van der Waals surface area (Å²) in [6, 6.07) is 0.339. The molecule has 2 saturated heterocycles. The van der Waals surface area contributed by atoms with E-state index in [0.717, 1.165) is 45.6 Å². The zero-order valence-electron chi connectivity index (χ0n) is 11.2. The van der Waals surface area contributed by atoms with E-state index in [4.69, 9.17) is 9.47 Å². The molecule has 0 aromatic carbocycles. The molecular formula is C13H24N2O3. The van der Waals surface area contributed by atoms with E-state index in [9.17, 15) is 4.79 Å². The maximum absolute atomic E-state index is 12.0. The van der Waals surface area contributed by atoms with Crippen LogP contribution in [0.15, 0.2) is 0 Å². The molecule has 0 amide bonds. The van der Waals surface area contributed by atoms with Crippen molar-refractivity contribution in [2.24, 2.45) is 0 Å². The standard InChI is InChI=1S/C13H24N2O3/c1-2-18-13(16)12-10-14-6-7-15(12)11-4-3-8-17-9-5-11/h11-12,14H,2-10H2,1H3. The van der Waals surface area contributed by atoms with Gasteiger partial charge in [-0.05, 0) is 26.2 Å². The molecule has 2 atom stereocenters. The van der Waals surface area contributed by atoms with Gasteiger partial charge in [-0.2, -0.15) is 0 Å². The van der Waals surface area contributed by atoms with E-state index in [2.05, 4.69) is 10.2 Å². The van der Waals surface area contributed by atoms with Crippen molar-refractivity contribution < 1.29 is 14.3 Å². The Morgan fingerprint density at radius 2 is 2.33 bits per heavy atom. The first-order chi connectivity index (χ1) is 8.83. The van der Waals surface area contributed by atoms with Crippen molar-refractivity contribution in [3.63, 3.8) is 0 Å². The molecule has 0 radical (unpaired) electrons. The van der Waals surface area contributed by atoms with Crippen molar-refractivity contribution in [2.75, 3.05) is 39.5 Å². The first-order valence-electron chi connectivity index (χ1n) is 7.03. The molecule has 5 heteroatoms. The van der Waals surface area contributed by atoms with Gasteiger partial charge in [0.25, 0.3) is 0 Å². The fourth-order valence-corrected chi connectivity index (χ4v) is 2.83. The molecule has 0 spiro atoms. The SMILES string of the molecule is CCOC(=O)C1CNCCN1C1CCCOCC1. The molecule has 1 N–H and O–H groups in total. The summed E-state index contributed by atoms with van der Waals surface area (Å²) in [5.41, 5.74) is 0. The quantitative estimate of drug-likeness (QED) is 0.740. The summed E-state index contributed by atoms with van der Waals surface area (Å²) in [7, 11) is 0. The number of esters is 1. The van der Waals surface area contributed by atoms with Crippen molar-refractivity contribution in [3.8, 4) is 0 Å². The molecule has 18 heavy (non-hydrogen) atoms. The third-order valence-electron chi connectivity index (χ3n) is 3.73. The third kappa shape index (κ3) is 3.43. The highest BCUT2D eigenvalue weighted by Crippen LogP contribution is 2.19. The van der Waals surface area contributed by atoms with Crippen LogP contribution in [0.1, 0.15) is 26.2 Å². The number of carbonyl (C=O) groups is 1. The van der Waals surface area contributed by atoms with Crippen LogP contribution in [0.4, 0.5) is 0 Å². The Balaban J connectivity index is 1.99. The molecule has 2 aliphatic rings. The summed E-state index contributed by atoms with van der Waals surface area (Å²) in [6.45, 7) is 6.56. The lowest BCUT2D eigenvalue weighted by molar-refractivity contribution is -0.151. The number of ether oxygens (including phenoxy) is 2. The molecule has 2 heterocycles. The molecule has 5 nitrogen and oxygen atoms in total. The van der Waals surface area contributed by atoms with Crippen LogP contribution >= 0.6 is 0 Å². The maximum atomic E-state index is 12.0. The highest BCUT2D eigenvalue weighted by Gasteiger charge is 2.34. The van der Waals surface area contributed by atoms with E-state index < -0.39 is 0 Å². The second kappa shape index (κ2) is 7.07. The van der Waals surface area contributed by atoms with Gasteiger partial charge in [0.15, 0.2) is 0 Å². The summed E-state index contributed by atoms with van der Waals surface area (Å²) in [6.07, 6.45) is 3.23. The number of piperazine rings is 1. The summed E-state index contributed by atoms with van der Waals surface area (Å²) in [5, 5.41) is 3.29. The number of nitrogens with one attached hydrogen (secondary N) is 1. The minimum atomic E-state index is -0.123. The van der Waals surface area contributed by atoms with Crippen LogP contribution in [0.25, 0.3) is 0 Å². The molecule has 0 aromatic rings. The van der Waals surface area contributed by atoms with E-state index in [1.54, 1.807) is 0 Å². The van der Waals surface area contributed by atoms with Gasteiger partial charge >= 0.3 is 5.97 Å². The molecule has 2 fully saturated rings. The Labute approximate surface area is 109 Å². The Morgan fingerprint density at radius 1 is 1.44 bits per heavy atom. The lowest BCUT2D eigenvalue weighted by atomic mass is 10.0. The Morgan fingerprint density at radius 3 is 3.17 bits per heavy atom. The van der Waals surface area contributed by atoms with Crippen molar-refractivity contribution >= 4 is 5.97 Å². The van der Waals surface area contributed by atoms with E-state index in [-0.39, 0.29) is 12.0 Å². The minimum Gasteiger partial charge on any atom is -0.465 e. The Hall–Kier alpha value is -0.650. The molecule has 0 bridgehead atoms. The largest absolute Gasteiger partial charge is 0.465 e. The van der Waals surface area contributed by atoms with Crippen molar-refractivity contribution in [1.29, 1.82) is 0 Å². The second-order valence-corrected chi connectivity index (χ2v) is 4.91. The number of hydrogen-bond acceptors (Lipinski definition) is 5. The van der Waals surface area contributed by atoms with E-state index in [0.29, 0.717) is 19.2 Å². The van der Waals surface area contributed by atoms with Crippen LogP contribution in [-0.4, -0.2) is 62.4 Å². The smallest absolute Gasteiger partial charge is 0.324 e. The van der Waals surface area contributed by atoms with Crippen LogP contribution in [0.3, 0.4) is 0 Å². The predicted octanol–water partition coefficient (Wildman–Crippen LogP) is 0.392. The van der Waals surface area contributed by atoms with E-state index >= 15 is 0 Å². The molecule has 2 unspecified atom stereocenters. The van der Waals surface area contributed by atoms with Gasteiger partial charge in [-0.1, -0.05) is 0 Å². The summed E-state index contributed by atoms with van der Waals surface area (Å²) in [4.78, 5) is 14.3. The number of rotatable bonds is 3. The fraction of sp³-hybridized carbons (Fsp3) is 0.923. The van der Waals surface area contributed by atoms with Crippen LogP contribution in [0.5, 0.6) is 0 Å². The average Bonchev–Trinajstić information content (AvgIpc) is 2.68. The number of carbonyl (C=O) groups excluding carboxylic acids is 1. The van der Waals surface area contributed by atoms with Crippen LogP contribution < -0.4 is 5.32 Å². The van der Waals surface area contributed by atoms with Crippen LogP contribution in [0, 0.1) is 0 Å². The zero-order valence-corrected chi connectivity index (χ0v) is 11.2. The molecule has 0 saturated carbocycles. The summed E-state index contributed by atoms with van der Waals surface area (Å²) < 4.78 is 10.7. The fourth-order valence-electron chi connectivity index (χ4n) is 2.83. The third-order valence-corrected chi connectivity index (χ3v) is 3.73. The number of nitrogens with zero attached hydrogens (tertiary/aromatic N) is 1. The zero-order chi connectivity index (χ0) is 12.8. The minimum absolute atomic E-state index is 0.0881. The second-order valence-electron chi connectivity index (χ2n) is 4.91. The van der Waals surface area contributed by atoms with E-state index in [1.807, 2.05) is 6.92 Å². The lowest BCUT2D eigenvalue weighted by Crippen LogP contribution is -2.58. The summed E-state index contributed by atoms with van der Waals surface area (Å²) >= 11 is 0. The Kier molecular flexibility index (Phi) is 5.41. The molecule has 2 rings (SSSR count). The normalized spacial score (nSPS) is 30.7. The summed E-state index contributed by atoms with van der Waals surface area (Å²) in [5.74, 6) is -0.0881. The number of hydrogen-bond donors (Lipinski definition) is 1. The van der Waals surface area contributed by atoms with Gasteiger partial charge < -0.3 is 14.8 Å². The maximum Gasteiger partial charge on any atom is 0.324 e. The molecule has 0 aromatic heterocycles. The van der Waals surface area contributed by atoms with Gasteiger partial charge in [0, 0.05) is 38.9 Å². The van der Waals surface area contributed by atoms with Gasteiger partial charge in [0.2, 0.25) is 0 Å². The lowest BCUT2D eigenvalue weighted by Gasteiger charge is -2.39. The highest BCUT2D eigenvalue weighted by molar-refractivity contribution is 5.76. The van der Waals surface area contributed by atoms with Crippen LogP contribution in [0.2, 0.25) is 0 Å². The van der Waals surface area contributed by atoms with Gasteiger partial charge in [0.1, 0.15) is 6.04 Å². The topological polar surface area (TPSA) is 50.8 Å². The van der Waals surface area contributed by atoms with Crippen molar-refractivity contribution in [3.05, 3.63) is 0 Å². The van der Waals surface area contributed by atoms with Gasteiger partial charge in [-0.25, -0.2) is 0 Å². The molecule has 104 valence electrons. The highest BCUT2D eigenvalue weighted by atomic mass is 16.5. The first kappa shape index (κ1) is 13.8. The monoisotopic (exact) mass is 256 g/mol. The average molecular weight is 256 g/mol. The van der Waals surface area contributed by atoms with E-state index in [1.165, 1.54) is 0 Å².